The van der Waals surface area contributed by atoms with E-state index in [-0.39, 0.29) is 11.6 Å². The highest BCUT2D eigenvalue weighted by Gasteiger charge is 2.18. The number of nitrogens with zero attached hydrogens (tertiary/aromatic N) is 5. The first-order chi connectivity index (χ1) is 15.7. The summed E-state index contributed by atoms with van der Waals surface area (Å²) in [6, 6.07) is 18.6. The van der Waals surface area contributed by atoms with Crippen molar-refractivity contribution in [3.63, 3.8) is 0 Å². The fraction of sp³-hybridized carbons (Fsp3) is 0. The quantitative estimate of drug-likeness (QED) is 0.448. The Labute approximate surface area is 181 Å². The first kappa shape index (κ1) is 19.3. The number of nitrogens with one attached hydrogen (secondary N) is 1. The van der Waals surface area contributed by atoms with E-state index in [0.29, 0.717) is 22.9 Å². The molecule has 0 saturated carbocycles. The van der Waals surface area contributed by atoms with Gasteiger partial charge in [0, 0.05) is 23.6 Å². The Hall–Kier alpha value is -4.66. The van der Waals surface area contributed by atoms with E-state index in [0.717, 1.165) is 5.56 Å². The molecule has 0 bridgehead atoms. The van der Waals surface area contributed by atoms with Crippen LogP contribution in [0.5, 0.6) is 0 Å². The van der Waals surface area contributed by atoms with Gasteiger partial charge in [0.05, 0.1) is 5.56 Å². The van der Waals surface area contributed by atoms with Gasteiger partial charge in [-0.3, -0.25) is 9.36 Å². The van der Waals surface area contributed by atoms with Crippen LogP contribution in [-0.4, -0.2) is 30.6 Å². The summed E-state index contributed by atoms with van der Waals surface area (Å²) in [7, 11) is 0. The number of aromatic nitrogens is 5. The van der Waals surface area contributed by atoms with Crippen molar-refractivity contribution in [2.24, 2.45) is 0 Å². The topological polar surface area (TPSA) is 98.7 Å². The van der Waals surface area contributed by atoms with Gasteiger partial charge in [-0.25, -0.2) is 14.4 Å². The molecular weight excluding hydrogens is 411 g/mol. The van der Waals surface area contributed by atoms with Gasteiger partial charge < -0.3 is 9.84 Å². The Bertz CT molecular complexity index is 1400. The van der Waals surface area contributed by atoms with E-state index in [1.807, 2.05) is 30.3 Å². The third-order valence-electron chi connectivity index (χ3n) is 4.62. The van der Waals surface area contributed by atoms with Crippen LogP contribution in [0.3, 0.4) is 0 Å². The number of benzene rings is 2. The third kappa shape index (κ3) is 3.86. The Morgan fingerprint density at radius 1 is 1.00 bits per heavy atom. The van der Waals surface area contributed by atoms with Crippen LogP contribution in [0.15, 0.2) is 90.0 Å². The lowest BCUT2D eigenvalue weighted by atomic mass is 10.2. The van der Waals surface area contributed by atoms with E-state index in [1.54, 1.807) is 29.0 Å². The lowest BCUT2D eigenvalue weighted by Crippen LogP contribution is -2.12. The van der Waals surface area contributed by atoms with Gasteiger partial charge in [-0.15, -0.1) is 0 Å². The van der Waals surface area contributed by atoms with Gasteiger partial charge in [-0.1, -0.05) is 41.6 Å². The monoisotopic (exact) mass is 426 g/mol. The average Bonchev–Trinajstić information content (AvgIpc) is 3.50. The van der Waals surface area contributed by atoms with Gasteiger partial charge in [0.15, 0.2) is 5.82 Å². The summed E-state index contributed by atoms with van der Waals surface area (Å²) >= 11 is 0. The zero-order valence-corrected chi connectivity index (χ0v) is 16.5. The van der Waals surface area contributed by atoms with E-state index in [9.17, 15) is 9.18 Å². The van der Waals surface area contributed by atoms with Crippen LogP contribution in [0.4, 0.5) is 10.1 Å². The van der Waals surface area contributed by atoms with Crippen LogP contribution in [0, 0.1) is 5.82 Å². The van der Waals surface area contributed by atoms with Gasteiger partial charge in [0.2, 0.25) is 5.82 Å². The minimum Gasteiger partial charge on any atom is -0.333 e. The first-order valence-electron chi connectivity index (χ1n) is 9.63. The number of carbonyl (C=O) groups excluding carboxylic acids is 1. The lowest BCUT2D eigenvalue weighted by molar-refractivity contribution is 0.102. The van der Waals surface area contributed by atoms with Gasteiger partial charge >= 0.3 is 0 Å². The number of rotatable bonds is 5. The van der Waals surface area contributed by atoms with Crippen LogP contribution in [0.25, 0.3) is 28.7 Å². The van der Waals surface area contributed by atoms with E-state index in [1.165, 1.54) is 30.7 Å². The molecule has 5 aromatic rings. The summed E-state index contributed by atoms with van der Waals surface area (Å²) in [5.41, 5.74) is 1.88. The van der Waals surface area contributed by atoms with Gasteiger partial charge in [0.25, 0.3) is 11.8 Å². The van der Waals surface area contributed by atoms with Crippen LogP contribution in [-0.2, 0) is 0 Å². The van der Waals surface area contributed by atoms with Crippen molar-refractivity contribution in [3.05, 3.63) is 97.0 Å². The van der Waals surface area contributed by atoms with Gasteiger partial charge in [-0.05, 0) is 30.3 Å². The highest BCUT2D eigenvalue weighted by Crippen LogP contribution is 2.26. The van der Waals surface area contributed by atoms with Crippen LogP contribution < -0.4 is 5.32 Å². The zero-order valence-electron chi connectivity index (χ0n) is 16.5. The molecule has 9 heteroatoms. The van der Waals surface area contributed by atoms with E-state index >= 15 is 0 Å². The molecule has 3 heterocycles. The minimum atomic E-state index is -0.476. The number of carbonyl (C=O) groups is 1. The SMILES string of the molecule is O=C(Nc1cccc(F)c1)c1cn(-c2ncccc2-c2nc(-c3ccccc3)no2)cn1. The second-order valence-corrected chi connectivity index (χ2v) is 6.79. The molecule has 156 valence electrons. The molecule has 3 aromatic heterocycles. The Morgan fingerprint density at radius 3 is 2.72 bits per heavy atom. The molecule has 0 aliphatic rings. The minimum absolute atomic E-state index is 0.140. The molecule has 1 amide bonds. The van der Waals surface area contributed by atoms with Gasteiger partial charge in [0.1, 0.15) is 17.8 Å². The maximum atomic E-state index is 13.4. The number of amides is 1. The van der Waals surface area contributed by atoms with Crippen molar-refractivity contribution in [3.8, 4) is 28.7 Å². The molecule has 0 radical (unpaired) electrons. The van der Waals surface area contributed by atoms with E-state index < -0.39 is 11.7 Å². The van der Waals surface area contributed by atoms with Crippen molar-refractivity contribution < 1.29 is 13.7 Å². The number of imidazole rings is 1. The van der Waals surface area contributed by atoms with Gasteiger partial charge in [-0.2, -0.15) is 4.98 Å². The smallest absolute Gasteiger partial charge is 0.275 e. The Morgan fingerprint density at radius 2 is 1.88 bits per heavy atom. The molecule has 1 N–H and O–H groups in total. The summed E-state index contributed by atoms with van der Waals surface area (Å²) in [6.45, 7) is 0. The summed E-state index contributed by atoms with van der Waals surface area (Å²) in [5, 5.41) is 6.67. The Balaban J connectivity index is 1.43. The Kier molecular flexibility index (Phi) is 4.97. The predicted octanol–water partition coefficient (Wildman–Crippen LogP) is 4.38. The van der Waals surface area contributed by atoms with Crippen LogP contribution in [0.1, 0.15) is 10.5 Å². The second-order valence-electron chi connectivity index (χ2n) is 6.79. The largest absolute Gasteiger partial charge is 0.333 e. The maximum absolute atomic E-state index is 13.4. The molecule has 0 aliphatic heterocycles. The number of pyridine rings is 1. The molecular formula is C23H15FN6O2. The molecule has 0 atom stereocenters. The average molecular weight is 426 g/mol. The van der Waals surface area contributed by atoms with Crippen LogP contribution >= 0.6 is 0 Å². The summed E-state index contributed by atoms with van der Waals surface area (Å²) in [5.74, 6) is 0.285. The molecule has 0 spiro atoms. The molecule has 5 rings (SSSR count). The summed E-state index contributed by atoms with van der Waals surface area (Å²) < 4.78 is 20.4. The summed E-state index contributed by atoms with van der Waals surface area (Å²) in [4.78, 5) is 25.5. The summed E-state index contributed by atoms with van der Waals surface area (Å²) in [6.07, 6.45) is 4.59. The number of hydrogen-bond donors (Lipinski definition) is 1. The molecule has 0 saturated heterocycles. The second kappa shape index (κ2) is 8.23. The third-order valence-corrected chi connectivity index (χ3v) is 4.62. The lowest BCUT2D eigenvalue weighted by Gasteiger charge is -2.05. The molecule has 2 aromatic carbocycles. The van der Waals surface area contributed by atoms with Crippen molar-refractivity contribution in [1.29, 1.82) is 0 Å². The maximum Gasteiger partial charge on any atom is 0.275 e. The first-order valence-corrected chi connectivity index (χ1v) is 9.63. The van der Waals surface area contributed by atoms with Crippen molar-refractivity contribution >= 4 is 11.6 Å². The van der Waals surface area contributed by atoms with Crippen molar-refractivity contribution in [2.45, 2.75) is 0 Å². The zero-order chi connectivity index (χ0) is 21.9. The molecule has 0 fully saturated rings. The predicted molar refractivity (Wildman–Crippen MR) is 114 cm³/mol. The number of anilines is 1. The molecule has 8 nitrogen and oxygen atoms in total. The van der Waals surface area contributed by atoms with E-state index in [4.69, 9.17) is 4.52 Å². The molecule has 0 aliphatic carbocycles. The van der Waals surface area contributed by atoms with E-state index in [2.05, 4.69) is 25.4 Å². The normalized spacial score (nSPS) is 10.8. The fourth-order valence-corrected chi connectivity index (χ4v) is 3.12. The fourth-order valence-electron chi connectivity index (χ4n) is 3.12. The number of hydrogen-bond acceptors (Lipinski definition) is 6. The van der Waals surface area contributed by atoms with Crippen molar-refractivity contribution in [1.82, 2.24) is 24.7 Å². The highest BCUT2D eigenvalue weighted by molar-refractivity contribution is 6.02. The standard InChI is InChI=1S/C23H15FN6O2/c24-16-8-4-9-17(12-16)27-22(31)19-13-30(14-26-19)21-18(10-5-11-25-21)23-28-20(29-32-23)15-6-2-1-3-7-15/h1-14H,(H,27,31). The molecule has 0 unspecified atom stereocenters. The molecule has 32 heavy (non-hydrogen) atoms. The highest BCUT2D eigenvalue weighted by atomic mass is 19.1. The number of halogens is 1. The van der Waals surface area contributed by atoms with Crippen LogP contribution in [0.2, 0.25) is 0 Å². The van der Waals surface area contributed by atoms with Crippen molar-refractivity contribution in [2.75, 3.05) is 5.32 Å².